The lowest BCUT2D eigenvalue weighted by Crippen LogP contribution is -2.30. The van der Waals surface area contributed by atoms with E-state index in [1.54, 1.807) is 0 Å². The second-order valence-electron chi connectivity index (χ2n) is 5.67. The third-order valence-electron chi connectivity index (χ3n) is 3.75. The molecule has 2 N–H and O–H groups in total. The van der Waals surface area contributed by atoms with Crippen molar-refractivity contribution in [3.05, 3.63) is 48.0 Å². The summed E-state index contributed by atoms with van der Waals surface area (Å²) >= 11 is 0. The smallest absolute Gasteiger partial charge is 0.326 e. The highest BCUT2D eigenvalue weighted by Crippen LogP contribution is 2.27. The summed E-state index contributed by atoms with van der Waals surface area (Å²) in [5, 5.41) is 12.0. The van der Waals surface area contributed by atoms with Crippen LogP contribution in [0.5, 0.6) is 0 Å². The minimum absolute atomic E-state index is 0.539. The lowest BCUT2D eigenvalue weighted by molar-refractivity contribution is -0.139. The maximum absolute atomic E-state index is 13.0. The molecule has 5 heteroatoms. The number of carbonyl (C=O) groups is 1. The fourth-order valence-electron chi connectivity index (χ4n) is 2.50. The van der Waals surface area contributed by atoms with E-state index in [0.29, 0.717) is 6.42 Å². The maximum atomic E-state index is 13.0. The molecule has 0 spiro atoms. The van der Waals surface area contributed by atoms with Gasteiger partial charge in [0.2, 0.25) is 0 Å². The Balaban J connectivity index is 1.65. The van der Waals surface area contributed by atoms with Gasteiger partial charge in [-0.25, -0.2) is 0 Å². The number of hydrogen-bond acceptors (Lipinski definition) is 2. The average Bonchev–Trinajstić information content (AvgIpc) is 2.76. The molecule has 1 aliphatic rings. The predicted molar refractivity (Wildman–Crippen MR) is 80.6 cm³/mol. The zero-order valence-corrected chi connectivity index (χ0v) is 12.3. The molecule has 0 aromatic heterocycles. The van der Waals surface area contributed by atoms with Crippen LogP contribution in [-0.4, -0.2) is 29.1 Å². The molecule has 1 aromatic rings. The fourth-order valence-corrected chi connectivity index (χ4v) is 2.50. The Kier molecular flexibility index (Phi) is 5.66. The summed E-state index contributed by atoms with van der Waals surface area (Å²) in [5.41, 5.74) is 1.27. The van der Waals surface area contributed by atoms with Gasteiger partial charge in [-0.3, -0.25) is 4.79 Å². The third kappa shape index (κ3) is 4.91. The highest BCUT2D eigenvalue weighted by atomic mass is 19.3. The van der Waals surface area contributed by atoms with Crippen molar-refractivity contribution in [3.63, 3.8) is 0 Å². The monoisotopic (exact) mass is 309 g/mol. The van der Waals surface area contributed by atoms with Gasteiger partial charge in [-0.2, -0.15) is 8.78 Å². The topological polar surface area (TPSA) is 49.3 Å². The fraction of sp³-hybridized carbons (Fsp3) is 0.471. The van der Waals surface area contributed by atoms with Crippen molar-refractivity contribution in [3.8, 4) is 0 Å². The number of aliphatic hydroxyl groups is 1. The van der Waals surface area contributed by atoms with Crippen LogP contribution >= 0.6 is 0 Å². The van der Waals surface area contributed by atoms with Gasteiger partial charge in [-0.15, -0.1) is 0 Å². The average molecular weight is 309 g/mol. The lowest BCUT2D eigenvalue weighted by Gasteiger charge is -2.07. The van der Waals surface area contributed by atoms with E-state index >= 15 is 0 Å². The zero-order valence-electron chi connectivity index (χ0n) is 12.3. The molecular weight excluding hydrogens is 288 g/mol. The quantitative estimate of drug-likeness (QED) is 0.601. The van der Waals surface area contributed by atoms with Crippen LogP contribution in [0.25, 0.3) is 0 Å². The minimum atomic E-state index is -3.30. The summed E-state index contributed by atoms with van der Waals surface area (Å²) in [6.07, 6.45) is 5.11. The number of aliphatic hydroxyl groups excluding tert-OH is 1. The normalized spacial score (nSPS) is 22.0. The molecule has 3 nitrogen and oxygen atoms in total. The minimum Gasteiger partial charge on any atom is -0.389 e. The van der Waals surface area contributed by atoms with Crippen LogP contribution < -0.4 is 5.32 Å². The molecule has 2 rings (SSSR count). The van der Waals surface area contributed by atoms with Gasteiger partial charge in [0.05, 0.1) is 12.1 Å². The molecule has 1 heterocycles. The summed E-state index contributed by atoms with van der Waals surface area (Å²) in [5.74, 6) is -4.53. The molecule has 1 aliphatic heterocycles. The third-order valence-corrected chi connectivity index (χ3v) is 3.75. The Hall–Kier alpha value is -1.75. The van der Waals surface area contributed by atoms with Crippen molar-refractivity contribution >= 4 is 5.91 Å². The first-order chi connectivity index (χ1) is 10.5. The molecule has 2 atom stereocenters. The first-order valence-corrected chi connectivity index (χ1v) is 7.56. The molecule has 0 aliphatic carbocycles. The number of alkyl halides is 2. The number of rotatable bonds is 7. The van der Waals surface area contributed by atoms with Gasteiger partial charge in [0.25, 0.3) is 5.91 Å². The van der Waals surface area contributed by atoms with E-state index < -0.39 is 30.4 Å². The van der Waals surface area contributed by atoms with E-state index in [1.807, 2.05) is 18.2 Å². The number of aryl methyl sites for hydroxylation is 1. The first kappa shape index (κ1) is 16.6. The molecule has 0 radical (unpaired) electrons. The van der Waals surface area contributed by atoms with E-state index in [0.717, 1.165) is 19.3 Å². The highest BCUT2D eigenvalue weighted by molar-refractivity contribution is 5.86. The first-order valence-electron chi connectivity index (χ1n) is 7.56. The lowest BCUT2D eigenvalue weighted by atomic mass is 10.0. The standard InChI is InChI=1S/C17H21F2NO2/c18-17(19)12-14(20-16(17)22)10-11-15(21)9-5-4-8-13-6-2-1-3-7-13/h1-3,6-7,10-11,14-15,21H,4-5,8-9,12H2,(H,20,22)/b11-10+/t14-,15-/m0/s1. The van der Waals surface area contributed by atoms with Crippen LogP contribution in [0.4, 0.5) is 8.78 Å². The van der Waals surface area contributed by atoms with Crippen LogP contribution in [0.15, 0.2) is 42.5 Å². The molecule has 0 bridgehead atoms. The van der Waals surface area contributed by atoms with Crippen molar-refractivity contribution in [1.82, 2.24) is 5.32 Å². The number of halogens is 2. The molecule has 1 amide bonds. The highest BCUT2D eigenvalue weighted by Gasteiger charge is 2.47. The summed E-state index contributed by atoms with van der Waals surface area (Å²) in [7, 11) is 0. The second kappa shape index (κ2) is 7.49. The van der Waals surface area contributed by atoms with Gasteiger partial charge in [0.1, 0.15) is 0 Å². The van der Waals surface area contributed by atoms with Crippen molar-refractivity contribution in [2.75, 3.05) is 0 Å². The Morgan fingerprint density at radius 1 is 1.32 bits per heavy atom. The van der Waals surface area contributed by atoms with Crippen LogP contribution in [0.2, 0.25) is 0 Å². The Labute approximate surface area is 129 Å². The van der Waals surface area contributed by atoms with E-state index in [2.05, 4.69) is 17.4 Å². The van der Waals surface area contributed by atoms with Gasteiger partial charge in [-0.05, 0) is 24.8 Å². The van der Waals surface area contributed by atoms with Gasteiger partial charge < -0.3 is 10.4 Å². The van der Waals surface area contributed by atoms with Crippen molar-refractivity contribution < 1.29 is 18.7 Å². The van der Waals surface area contributed by atoms with Gasteiger partial charge >= 0.3 is 5.92 Å². The molecule has 0 unspecified atom stereocenters. The summed E-state index contributed by atoms with van der Waals surface area (Å²) in [6.45, 7) is 0. The van der Waals surface area contributed by atoms with E-state index in [1.165, 1.54) is 17.7 Å². The van der Waals surface area contributed by atoms with E-state index in [4.69, 9.17) is 0 Å². The van der Waals surface area contributed by atoms with Crippen LogP contribution in [-0.2, 0) is 11.2 Å². The molecule has 22 heavy (non-hydrogen) atoms. The van der Waals surface area contributed by atoms with Crippen LogP contribution in [0, 0.1) is 0 Å². The second-order valence-corrected chi connectivity index (χ2v) is 5.67. The van der Waals surface area contributed by atoms with Gasteiger partial charge in [0, 0.05) is 6.42 Å². The number of amides is 1. The number of unbranched alkanes of at least 4 members (excludes halogenated alkanes) is 1. The number of benzene rings is 1. The molecule has 1 fully saturated rings. The largest absolute Gasteiger partial charge is 0.389 e. The van der Waals surface area contributed by atoms with Crippen LogP contribution in [0.1, 0.15) is 31.2 Å². The molecule has 1 aromatic carbocycles. The van der Waals surface area contributed by atoms with E-state index in [9.17, 15) is 18.7 Å². The van der Waals surface area contributed by atoms with Gasteiger partial charge in [-0.1, -0.05) is 48.9 Å². The summed E-state index contributed by atoms with van der Waals surface area (Å²) in [6, 6.07) is 9.42. The van der Waals surface area contributed by atoms with E-state index in [-0.39, 0.29) is 0 Å². The summed E-state index contributed by atoms with van der Waals surface area (Å²) < 4.78 is 26.0. The number of hydrogen-bond donors (Lipinski definition) is 2. The number of nitrogens with one attached hydrogen (secondary N) is 1. The SMILES string of the molecule is O=C1N[C@@H](/C=C/[C@@H](O)CCCCc2ccccc2)CC1(F)F. The molecule has 1 saturated heterocycles. The maximum Gasteiger partial charge on any atom is 0.326 e. The summed E-state index contributed by atoms with van der Waals surface area (Å²) in [4.78, 5) is 10.9. The van der Waals surface area contributed by atoms with Gasteiger partial charge in [0.15, 0.2) is 0 Å². The van der Waals surface area contributed by atoms with Crippen molar-refractivity contribution in [2.24, 2.45) is 0 Å². The van der Waals surface area contributed by atoms with Crippen molar-refractivity contribution in [1.29, 1.82) is 0 Å². The Morgan fingerprint density at radius 2 is 2.05 bits per heavy atom. The zero-order chi connectivity index (χ0) is 16.0. The van der Waals surface area contributed by atoms with Crippen LogP contribution in [0.3, 0.4) is 0 Å². The Bertz CT molecular complexity index is 517. The molecular formula is C17H21F2NO2. The molecule has 120 valence electrons. The Morgan fingerprint density at radius 3 is 2.68 bits per heavy atom. The van der Waals surface area contributed by atoms with Crippen molar-refractivity contribution in [2.45, 2.75) is 50.2 Å². The number of carbonyl (C=O) groups excluding carboxylic acids is 1. The molecule has 0 saturated carbocycles. The predicted octanol–water partition coefficient (Wildman–Crippen LogP) is 2.84.